The maximum Gasteiger partial charge on any atom is 0.147 e. The molecule has 0 aromatic heterocycles. The fourth-order valence-corrected chi connectivity index (χ4v) is 1.18. The van der Waals surface area contributed by atoms with Crippen LogP contribution in [0.3, 0.4) is 0 Å². The van der Waals surface area contributed by atoms with E-state index in [0.29, 0.717) is 12.9 Å². The lowest BCUT2D eigenvalue weighted by Crippen LogP contribution is -2.34. The van der Waals surface area contributed by atoms with E-state index in [0.717, 1.165) is 26.1 Å². The molecule has 1 saturated heterocycles. The molecule has 1 heterocycles. The normalized spacial score (nSPS) is 22.8. The third-order valence-corrected chi connectivity index (χ3v) is 2.00. The second-order valence-electron chi connectivity index (χ2n) is 3.54. The van der Waals surface area contributed by atoms with Gasteiger partial charge in [-0.2, -0.15) is 0 Å². The van der Waals surface area contributed by atoms with E-state index in [2.05, 4.69) is 25.2 Å². The highest BCUT2D eigenvalue weighted by atomic mass is 16.7. The SMILES string of the molecule is CC(C)=CCNCC1CCOCO1. The highest BCUT2D eigenvalue weighted by Gasteiger charge is 2.12. The van der Waals surface area contributed by atoms with Gasteiger partial charge in [0.2, 0.25) is 0 Å². The van der Waals surface area contributed by atoms with Gasteiger partial charge in [0.15, 0.2) is 0 Å². The minimum atomic E-state index is 0.333. The molecule has 0 bridgehead atoms. The Bertz CT molecular complexity index is 158. The van der Waals surface area contributed by atoms with Crippen molar-refractivity contribution in [1.82, 2.24) is 5.32 Å². The van der Waals surface area contributed by atoms with Gasteiger partial charge in [0.1, 0.15) is 6.79 Å². The molecule has 1 fully saturated rings. The monoisotopic (exact) mass is 185 g/mol. The van der Waals surface area contributed by atoms with Crippen LogP contribution in [-0.2, 0) is 9.47 Å². The Morgan fingerprint density at radius 3 is 3.00 bits per heavy atom. The first-order valence-electron chi connectivity index (χ1n) is 4.82. The summed E-state index contributed by atoms with van der Waals surface area (Å²) in [5.41, 5.74) is 1.35. The quantitative estimate of drug-likeness (QED) is 0.529. The van der Waals surface area contributed by atoms with Gasteiger partial charge in [-0.25, -0.2) is 0 Å². The molecule has 0 aromatic carbocycles. The largest absolute Gasteiger partial charge is 0.355 e. The molecular weight excluding hydrogens is 166 g/mol. The van der Waals surface area contributed by atoms with Crippen molar-refractivity contribution in [1.29, 1.82) is 0 Å². The molecule has 3 nitrogen and oxygen atoms in total. The van der Waals surface area contributed by atoms with Crippen molar-refractivity contribution in [2.75, 3.05) is 26.5 Å². The summed E-state index contributed by atoms with van der Waals surface area (Å²) in [4.78, 5) is 0. The van der Waals surface area contributed by atoms with Crippen molar-refractivity contribution < 1.29 is 9.47 Å². The Labute approximate surface area is 80.1 Å². The van der Waals surface area contributed by atoms with E-state index in [1.54, 1.807) is 0 Å². The van der Waals surface area contributed by atoms with Crippen LogP contribution in [0.25, 0.3) is 0 Å². The van der Waals surface area contributed by atoms with Crippen LogP contribution in [0.15, 0.2) is 11.6 Å². The van der Waals surface area contributed by atoms with Gasteiger partial charge in [-0.05, 0) is 20.3 Å². The molecule has 0 amide bonds. The first-order chi connectivity index (χ1) is 6.29. The van der Waals surface area contributed by atoms with Gasteiger partial charge in [0.25, 0.3) is 0 Å². The number of hydrogen-bond donors (Lipinski definition) is 1. The zero-order valence-corrected chi connectivity index (χ0v) is 8.51. The van der Waals surface area contributed by atoms with Gasteiger partial charge in [0.05, 0.1) is 12.7 Å². The lowest BCUT2D eigenvalue weighted by Gasteiger charge is -2.22. The van der Waals surface area contributed by atoms with Crippen LogP contribution < -0.4 is 5.32 Å². The van der Waals surface area contributed by atoms with Crippen LogP contribution in [0.1, 0.15) is 20.3 Å². The minimum absolute atomic E-state index is 0.333. The summed E-state index contributed by atoms with van der Waals surface area (Å²) in [5, 5.41) is 3.33. The van der Waals surface area contributed by atoms with E-state index in [1.807, 2.05) is 0 Å². The molecule has 1 N–H and O–H groups in total. The molecule has 1 aliphatic heterocycles. The first-order valence-corrected chi connectivity index (χ1v) is 4.82. The predicted molar refractivity (Wildman–Crippen MR) is 52.6 cm³/mol. The molecule has 0 saturated carbocycles. The van der Waals surface area contributed by atoms with Gasteiger partial charge in [0, 0.05) is 13.1 Å². The average Bonchev–Trinajstić information content (AvgIpc) is 2.14. The molecule has 0 aromatic rings. The van der Waals surface area contributed by atoms with Crippen LogP contribution in [0.5, 0.6) is 0 Å². The third-order valence-electron chi connectivity index (χ3n) is 2.00. The van der Waals surface area contributed by atoms with Gasteiger partial charge in [-0.15, -0.1) is 0 Å². The topological polar surface area (TPSA) is 30.5 Å². The summed E-state index contributed by atoms with van der Waals surface area (Å²) in [5.74, 6) is 0. The van der Waals surface area contributed by atoms with Crippen LogP contribution in [0.4, 0.5) is 0 Å². The molecule has 0 aliphatic carbocycles. The molecule has 1 aliphatic rings. The highest BCUT2D eigenvalue weighted by Crippen LogP contribution is 2.04. The van der Waals surface area contributed by atoms with E-state index < -0.39 is 0 Å². The van der Waals surface area contributed by atoms with Crippen molar-refractivity contribution in [3.8, 4) is 0 Å². The van der Waals surface area contributed by atoms with Gasteiger partial charge in [-0.1, -0.05) is 11.6 Å². The van der Waals surface area contributed by atoms with Gasteiger partial charge >= 0.3 is 0 Å². The second-order valence-corrected chi connectivity index (χ2v) is 3.54. The van der Waals surface area contributed by atoms with Crippen LogP contribution in [0, 0.1) is 0 Å². The zero-order valence-electron chi connectivity index (χ0n) is 8.51. The summed E-state index contributed by atoms with van der Waals surface area (Å²) >= 11 is 0. The Morgan fingerprint density at radius 1 is 1.54 bits per heavy atom. The zero-order chi connectivity index (χ0) is 9.52. The summed E-state index contributed by atoms with van der Waals surface area (Å²) in [6.07, 6.45) is 3.51. The van der Waals surface area contributed by atoms with Crippen molar-refractivity contribution in [2.24, 2.45) is 0 Å². The fourth-order valence-electron chi connectivity index (χ4n) is 1.18. The predicted octanol–water partition coefficient (Wildman–Crippen LogP) is 1.31. The first kappa shape index (κ1) is 10.7. The molecule has 0 radical (unpaired) electrons. The summed E-state index contributed by atoms with van der Waals surface area (Å²) in [7, 11) is 0. The molecule has 76 valence electrons. The molecular formula is C10H19NO2. The maximum absolute atomic E-state index is 5.38. The molecule has 0 spiro atoms. The molecule has 1 atom stereocenters. The molecule has 1 unspecified atom stereocenters. The van der Waals surface area contributed by atoms with Crippen molar-refractivity contribution >= 4 is 0 Å². The van der Waals surface area contributed by atoms with Crippen LogP contribution in [-0.4, -0.2) is 32.6 Å². The van der Waals surface area contributed by atoms with Crippen LogP contribution >= 0.6 is 0 Å². The van der Waals surface area contributed by atoms with Gasteiger partial charge in [-0.3, -0.25) is 0 Å². The second kappa shape index (κ2) is 6.13. The smallest absolute Gasteiger partial charge is 0.147 e. The fraction of sp³-hybridized carbons (Fsp3) is 0.800. The van der Waals surface area contributed by atoms with E-state index in [-0.39, 0.29) is 0 Å². The number of ether oxygens (including phenoxy) is 2. The van der Waals surface area contributed by atoms with E-state index in [4.69, 9.17) is 9.47 Å². The van der Waals surface area contributed by atoms with Crippen molar-refractivity contribution in [3.05, 3.63) is 11.6 Å². The Kier molecular flexibility index (Phi) is 5.05. The van der Waals surface area contributed by atoms with E-state index in [9.17, 15) is 0 Å². The number of rotatable bonds is 4. The van der Waals surface area contributed by atoms with Crippen molar-refractivity contribution in [3.63, 3.8) is 0 Å². The van der Waals surface area contributed by atoms with E-state index in [1.165, 1.54) is 5.57 Å². The average molecular weight is 185 g/mol. The lowest BCUT2D eigenvalue weighted by atomic mass is 10.2. The number of allylic oxidation sites excluding steroid dienone is 1. The van der Waals surface area contributed by atoms with Gasteiger partial charge < -0.3 is 14.8 Å². The molecule has 13 heavy (non-hydrogen) atoms. The number of nitrogens with one attached hydrogen (secondary N) is 1. The van der Waals surface area contributed by atoms with Crippen molar-refractivity contribution in [2.45, 2.75) is 26.4 Å². The highest BCUT2D eigenvalue weighted by molar-refractivity contribution is 4.94. The minimum Gasteiger partial charge on any atom is -0.355 e. The Hall–Kier alpha value is -0.380. The molecule has 3 heteroatoms. The third kappa shape index (κ3) is 5.03. The summed E-state index contributed by atoms with van der Waals surface area (Å²) in [6, 6.07) is 0. The summed E-state index contributed by atoms with van der Waals surface area (Å²) < 4.78 is 10.5. The molecule has 1 rings (SSSR count). The summed E-state index contributed by atoms with van der Waals surface area (Å²) in [6.45, 7) is 7.35. The maximum atomic E-state index is 5.38. The Morgan fingerprint density at radius 2 is 2.38 bits per heavy atom. The van der Waals surface area contributed by atoms with Crippen LogP contribution in [0.2, 0.25) is 0 Å². The number of hydrogen-bond acceptors (Lipinski definition) is 3. The lowest BCUT2D eigenvalue weighted by molar-refractivity contribution is -0.136. The Balaban J connectivity index is 2.01. The van der Waals surface area contributed by atoms with E-state index >= 15 is 0 Å². The standard InChI is InChI=1S/C10H19NO2/c1-9(2)3-5-11-7-10-4-6-12-8-13-10/h3,10-11H,4-8H2,1-2H3.